The van der Waals surface area contributed by atoms with E-state index in [2.05, 4.69) is 27.1 Å². The number of nitrogens with zero attached hydrogens (tertiary/aromatic N) is 5. The van der Waals surface area contributed by atoms with Crippen molar-refractivity contribution in [2.45, 2.75) is 38.9 Å². The lowest BCUT2D eigenvalue weighted by Crippen LogP contribution is -2.52. The van der Waals surface area contributed by atoms with Crippen molar-refractivity contribution in [3.8, 4) is 11.4 Å². The van der Waals surface area contributed by atoms with Crippen LogP contribution in [0.4, 0.5) is 0 Å². The summed E-state index contributed by atoms with van der Waals surface area (Å²) < 4.78 is 0. The molecule has 1 aliphatic rings. The Bertz CT molecular complexity index is 1750. The average molecular weight is 600 g/mol. The number of carbonyl (C=O) groups is 2. The lowest BCUT2D eigenvalue weighted by atomic mass is 9.97. The average Bonchev–Trinajstić information content (AvgIpc) is 3.50. The zero-order valence-electron chi connectivity index (χ0n) is 24.5. The zero-order valence-corrected chi connectivity index (χ0v) is 25.4. The highest BCUT2D eigenvalue weighted by Gasteiger charge is 2.34. The number of benzene rings is 3. The maximum atomic E-state index is 14.5. The van der Waals surface area contributed by atoms with Crippen molar-refractivity contribution in [1.29, 1.82) is 0 Å². The maximum absolute atomic E-state index is 14.5. The first kappa shape index (κ1) is 29.1. The third-order valence-corrected chi connectivity index (χ3v) is 8.85. The summed E-state index contributed by atoms with van der Waals surface area (Å²) in [5.74, 6) is 0.366. The van der Waals surface area contributed by atoms with Gasteiger partial charge in [-0.3, -0.25) is 9.59 Å². The van der Waals surface area contributed by atoms with E-state index in [4.69, 9.17) is 0 Å². The van der Waals surface area contributed by atoms with Gasteiger partial charge in [0.2, 0.25) is 11.8 Å². The summed E-state index contributed by atoms with van der Waals surface area (Å²) in [5, 5.41) is 0. The number of rotatable bonds is 9. The van der Waals surface area contributed by atoms with Gasteiger partial charge in [0.15, 0.2) is 5.82 Å². The molecule has 0 spiro atoms. The number of aromatic nitrogens is 3. The van der Waals surface area contributed by atoms with Crippen molar-refractivity contribution in [1.82, 2.24) is 24.8 Å². The largest absolute Gasteiger partial charge is 0.336 e. The maximum Gasteiger partial charge on any atom is 0.247 e. The predicted octanol–water partition coefficient (Wildman–Crippen LogP) is 6.15. The Hall–Kier alpha value is -4.95. The standard InChI is InChI=1S/C36H33N5O2S/c1-26-33(44-25-39-26)16-17-34(42)41(23-28-12-14-30(15-13-28)35-37-19-7-20-38-35)32(22-27-8-3-2-4-9-27)36(43)40-21-18-29-10-5-6-11-31(29)24-40/h2-17,19-20,25,32H,18,21-24H2,1H3/b17-16+/t32-/m0/s1. The Labute approximate surface area is 261 Å². The second kappa shape index (κ2) is 13.6. The molecule has 2 aromatic heterocycles. The summed E-state index contributed by atoms with van der Waals surface area (Å²) >= 11 is 1.48. The molecule has 0 unspecified atom stereocenters. The number of amides is 2. The van der Waals surface area contributed by atoms with Gasteiger partial charge in [-0.15, -0.1) is 11.3 Å². The van der Waals surface area contributed by atoms with Crippen molar-refractivity contribution < 1.29 is 9.59 Å². The number of hydrogen-bond donors (Lipinski definition) is 0. The van der Waals surface area contributed by atoms with Gasteiger partial charge in [0.1, 0.15) is 6.04 Å². The van der Waals surface area contributed by atoms with Gasteiger partial charge in [-0.1, -0.05) is 78.9 Å². The summed E-state index contributed by atoms with van der Waals surface area (Å²) in [6, 6.07) is 27.2. The summed E-state index contributed by atoms with van der Waals surface area (Å²) in [6.07, 6.45) is 8.01. The first-order valence-corrected chi connectivity index (χ1v) is 15.6. The first-order chi connectivity index (χ1) is 21.5. The van der Waals surface area contributed by atoms with Crippen LogP contribution in [0.15, 0.2) is 109 Å². The SMILES string of the molecule is Cc1ncsc1/C=C/C(=O)N(Cc1ccc(-c2ncccn2)cc1)[C@@H](Cc1ccccc1)C(=O)N1CCc2ccccc2C1. The highest BCUT2D eigenvalue weighted by molar-refractivity contribution is 7.10. The molecule has 8 heteroatoms. The molecule has 5 aromatic rings. The fourth-order valence-electron chi connectivity index (χ4n) is 5.52. The van der Waals surface area contributed by atoms with Gasteiger partial charge in [-0.25, -0.2) is 15.0 Å². The molecule has 44 heavy (non-hydrogen) atoms. The van der Waals surface area contributed by atoms with Gasteiger partial charge in [-0.05, 0) is 47.7 Å². The van der Waals surface area contributed by atoms with Crippen molar-refractivity contribution >= 4 is 29.2 Å². The van der Waals surface area contributed by atoms with Crippen LogP contribution >= 0.6 is 11.3 Å². The van der Waals surface area contributed by atoms with Crippen LogP contribution in [0, 0.1) is 6.92 Å². The Morgan fingerprint density at radius 3 is 2.34 bits per heavy atom. The number of hydrogen-bond acceptors (Lipinski definition) is 6. The van der Waals surface area contributed by atoms with E-state index < -0.39 is 6.04 Å². The van der Waals surface area contributed by atoms with Gasteiger partial charge >= 0.3 is 0 Å². The molecule has 6 rings (SSSR count). The van der Waals surface area contributed by atoms with Crippen LogP contribution in [-0.4, -0.2) is 49.2 Å². The quantitative estimate of drug-likeness (QED) is 0.190. The van der Waals surface area contributed by atoms with E-state index in [-0.39, 0.29) is 18.4 Å². The van der Waals surface area contributed by atoms with E-state index in [1.54, 1.807) is 41.0 Å². The molecule has 7 nitrogen and oxygen atoms in total. The second-order valence-electron chi connectivity index (χ2n) is 10.9. The summed E-state index contributed by atoms with van der Waals surface area (Å²) in [6.45, 7) is 3.34. The highest BCUT2D eigenvalue weighted by atomic mass is 32.1. The van der Waals surface area contributed by atoms with Gasteiger partial charge < -0.3 is 9.80 Å². The molecule has 0 bridgehead atoms. The zero-order chi connectivity index (χ0) is 30.3. The van der Waals surface area contributed by atoms with E-state index >= 15 is 0 Å². The molecule has 3 aromatic carbocycles. The fraction of sp³-hybridized carbons (Fsp3) is 0.194. The molecular formula is C36H33N5O2S. The van der Waals surface area contributed by atoms with Crippen LogP contribution in [0.5, 0.6) is 0 Å². The molecule has 0 saturated carbocycles. The van der Waals surface area contributed by atoms with Crippen LogP contribution in [0.3, 0.4) is 0 Å². The molecule has 0 fully saturated rings. The van der Waals surface area contributed by atoms with Gasteiger partial charge in [0.05, 0.1) is 11.2 Å². The van der Waals surface area contributed by atoms with Crippen molar-refractivity contribution in [3.05, 3.63) is 142 Å². The summed E-state index contributed by atoms with van der Waals surface area (Å²) in [7, 11) is 0. The van der Waals surface area contributed by atoms with Crippen molar-refractivity contribution in [3.63, 3.8) is 0 Å². The Morgan fingerprint density at radius 1 is 0.886 bits per heavy atom. The van der Waals surface area contributed by atoms with E-state index in [1.807, 2.05) is 78.6 Å². The lowest BCUT2D eigenvalue weighted by Gasteiger charge is -2.37. The molecule has 3 heterocycles. The number of fused-ring (bicyclic) bond motifs is 1. The third kappa shape index (κ3) is 6.82. The molecular weight excluding hydrogens is 566 g/mol. The minimum absolute atomic E-state index is 0.0478. The lowest BCUT2D eigenvalue weighted by molar-refractivity contribution is -0.144. The van der Waals surface area contributed by atoms with E-state index in [9.17, 15) is 9.59 Å². The smallest absolute Gasteiger partial charge is 0.247 e. The molecule has 0 N–H and O–H groups in total. The fourth-order valence-corrected chi connectivity index (χ4v) is 6.22. The molecule has 2 amide bonds. The topological polar surface area (TPSA) is 79.3 Å². The minimum Gasteiger partial charge on any atom is -0.336 e. The number of carbonyl (C=O) groups excluding carboxylic acids is 2. The van der Waals surface area contributed by atoms with Gasteiger partial charge in [0, 0.05) is 55.0 Å². The van der Waals surface area contributed by atoms with E-state index in [0.29, 0.717) is 25.3 Å². The van der Waals surface area contributed by atoms with E-state index in [1.165, 1.54) is 16.9 Å². The normalized spacial score (nSPS) is 13.4. The summed E-state index contributed by atoms with van der Waals surface area (Å²) in [5.41, 5.74) is 7.86. The van der Waals surface area contributed by atoms with Crippen LogP contribution < -0.4 is 0 Å². The molecule has 0 saturated heterocycles. The predicted molar refractivity (Wildman–Crippen MR) is 173 cm³/mol. The van der Waals surface area contributed by atoms with Crippen molar-refractivity contribution in [2.75, 3.05) is 6.54 Å². The third-order valence-electron chi connectivity index (χ3n) is 7.95. The molecule has 1 atom stereocenters. The van der Waals surface area contributed by atoms with Gasteiger partial charge in [0.25, 0.3) is 0 Å². The molecule has 1 aliphatic heterocycles. The van der Waals surface area contributed by atoms with Crippen molar-refractivity contribution in [2.24, 2.45) is 0 Å². The van der Waals surface area contributed by atoms with Crippen LogP contribution in [0.1, 0.15) is 32.8 Å². The van der Waals surface area contributed by atoms with Gasteiger partial charge in [-0.2, -0.15) is 0 Å². The van der Waals surface area contributed by atoms with Crippen LogP contribution in [-0.2, 0) is 35.5 Å². The Balaban J connectivity index is 1.34. The monoisotopic (exact) mass is 599 g/mol. The second-order valence-corrected chi connectivity index (χ2v) is 11.7. The van der Waals surface area contributed by atoms with E-state index in [0.717, 1.165) is 39.2 Å². The Kier molecular flexibility index (Phi) is 8.98. The summed E-state index contributed by atoms with van der Waals surface area (Å²) in [4.78, 5) is 46.1. The minimum atomic E-state index is -0.695. The number of aryl methyl sites for hydroxylation is 1. The van der Waals surface area contributed by atoms with Crippen LogP contribution in [0.2, 0.25) is 0 Å². The first-order valence-electron chi connectivity index (χ1n) is 14.7. The Morgan fingerprint density at radius 2 is 1.61 bits per heavy atom. The highest BCUT2D eigenvalue weighted by Crippen LogP contribution is 2.24. The molecule has 220 valence electrons. The van der Waals surface area contributed by atoms with Crippen LogP contribution in [0.25, 0.3) is 17.5 Å². The molecule has 0 radical (unpaired) electrons. The number of thiazole rings is 1. The molecule has 0 aliphatic carbocycles.